The minimum Gasteiger partial charge on any atom is -0.345 e. The van der Waals surface area contributed by atoms with E-state index in [4.69, 9.17) is 5.26 Å². The molecule has 0 aliphatic heterocycles. The molecule has 108 valence electrons. The third kappa shape index (κ3) is 3.60. The van der Waals surface area contributed by atoms with Gasteiger partial charge in [0.05, 0.1) is 11.6 Å². The first kappa shape index (κ1) is 14.5. The third-order valence-corrected chi connectivity index (χ3v) is 3.75. The molecule has 0 atom stereocenters. The fourth-order valence-corrected chi connectivity index (χ4v) is 2.66. The van der Waals surface area contributed by atoms with E-state index in [0.29, 0.717) is 5.56 Å². The molecule has 0 amide bonds. The SMILES string of the molecule is N#Cc1ccc(Cc2cnc(Cc3ccnc(Br)c3)[nH]2)cc1. The summed E-state index contributed by atoms with van der Waals surface area (Å²) in [7, 11) is 0. The highest BCUT2D eigenvalue weighted by atomic mass is 79.9. The van der Waals surface area contributed by atoms with Crippen LogP contribution in [0.5, 0.6) is 0 Å². The highest BCUT2D eigenvalue weighted by Gasteiger charge is 2.04. The van der Waals surface area contributed by atoms with E-state index in [1.807, 2.05) is 42.6 Å². The van der Waals surface area contributed by atoms with Crippen molar-refractivity contribution in [3.63, 3.8) is 0 Å². The summed E-state index contributed by atoms with van der Waals surface area (Å²) in [6.45, 7) is 0. The van der Waals surface area contributed by atoms with Crippen LogP contribution >= 0.6 is 15.9 Å². The predicted octanol–water partition coefficient (Wildman–Crippen LogP) is 3.62. The number of aromatic amines is 1. The van der Waals surface area contributed by atoms with E-state index in [1.165, 1.54) is 0 Å². The molecule has 2 heterocycles. The number of benzene rings is 1. The van der Waals surface area contributed by atoms with Crippen molar-refractivity contribution in [2.24, 2.45) is 0 Å². The molecule has 0 fully saturated rings. The molecule has 0 saturated heterocycles. The fraction of sp³-hybridized carbons (Fsp3) is 0.118. The Bertz CT molecular complexity index is 815. The standard InChI is InChI=1S/C17H13BrN4/c18-16-8-14(5-6-20-16)9-17-21-11-15(22-17)7-12-1-3-13(10-19)4-2-12/h1-6,8,11H,7,9H2,(H,21,22). The zero-order valence-corrected chi connectivity index (χ0v) is 13.3. The molecule has 0 saturated carbocycles. The summed E-state index contributed by atoms with van der Waals surface area (Å²) in [6.07, 6.45) is 5.16. The van der Waals surface area contributed by atoms with Crippen LogP contribution < -0.4 is 0 Å². The molecule has 1 N–H and O–H groups in total. The van der Waals surface area contributed by atoms with Crippen LogP contribution in [0.25, 0.3) is 0 Å². The molecule has 0 aliphatic rings. The van der Waals surface area contributed by atoms with Crippen LogP contribution in [0.2, 0.25) is 0 Å². The number of halogens is 1. The maximum atomic E-state index is 8.81. The largest absolute Gasteiger partial charge is 0.345 e. The highest BCUT2D eigenvalue weighted by molar-refractivity contribution is 9.10. The van der Waals surface area contributed by atoms with E-state index in [1.54, 1.807) is 6.20 Å². The molecule has 4 nitrogen and oxygen atoms in total. The van der Waals surface area contributed by atoms with Gasteiger partial charge in [-0.3, -0.25) is 0 Å². The zero-order valence-electron chi connectivity index (χ0n) is 11.8. The van der Waals surface area contributed by atoms with Gasteiger partial charge in [0.15, 0.2) is 0 Å². The lowest BCUT2D eigenvalue weighted by atomic mass is 10.1. The quantitative estimate of drug-likeness (QED) is 0.729. The summed E-state index contributed by atoms with van der Waals surface area (Å²) in [5, 5.41) is 8.81. The van der Waals surface area contributed by atoms with Gasteiger partial charge in [-0.1, -0.05) is 12.1 Å². The maximum Gasteiger partial charge on any atom is 0.110 e. The van der Waals surface area contributed by atoms with E-state index >= 15 is 0 Å². The molecule has 5 heteroatoms. The van der Waals surface area contributed by atoms with E-state index < -0.39 is 0 Å². The molecular weight excluding hydrogens is 340 g/mol. The number of hydrogen-bond acceptors (Lipinski definition) is 3. The van der Waals surface area contributed by atoms with Gasteiger partial charge >= 0.3 is 0 Å². The molecule has 3 rings (SSSR count). The molecule has 0 bridgehead atoms. The van der Waals surface area contributed by atoms with Gasteiger partial charge in [-0.15, -0.1) is 0 Å². The third-order valence-electron chi connectivity index (χ3n) is 3.32. The minimum atomic E-state index is 0.678. The topological polar surface area (TPSA) is 65.4 Å². The lowest BCUT2D eigenvalue weighted by Gasteiger charge is -2.00. The number of pyridine rings is 1. The second-order valence-corrected chi connectivity index (χ2v) is 5.82. The number of nitrogens with zero attached hydrogens (tertiary/aromatic N) is 3. The second kappa shape index (κ2) is 6.54. The molecule has 3 aromatic rings. The summed E-state index contributed by atoms with van der Waals surface area (Å²) < 4.78 is 0.828. The normalized spacial score (nSPS) is 10.4. The summed E-state index contributed by atoms with van der Waals surface area (Å²) >= 11 is 3.37. The summed E-state index contributed by atoms with van der Waals surface area (Å²) in [4.78, 5) is 11.9. The molecular formula is C17H13BrN4. The van der Waals surface area contributed by atoms with Crippen LogP contribution in [-0.4, -0.2) is 15.0 Å². The van der Waals surface area contributed by atoms with E-state index in [2.05, 4.69) is 37.0 Å². The molecule has 0 spiro atoms. The van der Waals surface area contributed by atoms with E-state index in [-0.39, 0.29) is 0 Å². The van der Waals surface area contributed by atoms with Crippen molar-refractivity contribution >= 4 is 15.9 Å². The maximum absolute atomic E-state index is 8.81. The van der Waals surface area contributed by atoms with Crippen LogP contribution in [-0.2, 0) is 12.8 Å². The Morgan fingerprint density at radius 3 is 2.59 bits per heavy atom. The van der Waals surface area contributed by atoms with Crippen molar-refractivity contribution in [3.8, 4) is 6.07 Å². The van der Waals surface area contributed by atoms with Crippen LogP contribution in [0.3, 0.4) is 0 Å². The van der Waals surface area contributed by atoms with Gasteiger partial charge in [-0.05, 0) is 51.3 Å². The second-order valence-electron chi connectivity index (χ2n) is 5.00. The van der Waals surface area contributed by atoms with Crippen molar-refractivity contribution < 1.29 is 0 Å². The van der Waals surface area contributed by atoms with E-state index in [9.17, 15) is 0 Å². The molecule has 0 unspecified atom stereocenters. The zero-order chi connectivity index (χ0) is 15.4. The van der Waals surface area contributed by atoms with Gasteiger partial charge in [0.2, 0.25) is 0 Å². The number of hydrogen-bond donors (Lipinski definition) is 1. The van der Waals surface area contributed by atoms with Gasteiger partial charge < -0.3 is 4.98 Å². The molecule has 2 aromatic heterocycles. The molecule has 0 radical (unpaired) electrons. The highest BCUT2D eigenvalue weighted by Crippen LogP contribution is 2.13. The Balaban J connectivity index is 1.69. The van der Waals surface area contributed by atoms with Gasteiger partial charge in [0.1, 0.15) is 10.4 Å². The first-order valence-corrected chi connectivity index (χ1v) is 7.64. The Labute approximate surface area is 137 Å². The molecule has 1 aromatic carbocycles. The Kier molecular flexibility index (Phi) is 4.31. The number of nitrogens with one attached hydrogen (secondary N) is 1. The first-order valence-electron chi connectivity index (χ1n) is 6.85. The molecule has 0 aliphatic carbocycles. The van der Waals surface area contributed by atoms with Crippen LogP contribution in [0.4, 0.5) is 0 Å². The summed E-state index contributed by atoms with van der Waals surface area (Å²) in [5.41, 5.74) is 4.05. The first-order chi connectivity index (χ1) is 10.7. The van der Waals surface area contributed by atoms with Crippen molar-refractivity contribution in [3.05, 3.63) is 81.6 Å². The van der Waals surface area contributed by atoms with Crippen molar-refractivity contribution in [2.45, 2.75) is 12.8 Å². The Morgan fingerprint density at radius 2 is 1.86 bits per heavy atom. The van der Waals surface area contributed by atoms with Crippen LogP contribution in [0, 0.1) is 11.3 Å². The van der Waals surface area contributed by atoms with Gasteiger partial charge in [-0.25, -0.2) is 9.97 Å². The Hall–Kier alpha value is -2.45. The summed E-state index contributed by atoms with van der Waals surface area (Å²) in [5.74, 6) is 0.932. The smallest absolute Gasteiger partial charge is 0.110 e. The monoisotopic (exact) mass is 352 g/mol. The van der Waals surface area contributed by atoms with Crippen molar-refractivity contribution in [2.75, 3.05) is 0 Å². The lowest BCUT2D eigenvalue weighted by molar-refractivity contribution is 0.994. The predicted molar refractivity (Wildman–Crippen MR) is 87.3 cm³/mol. The molecule has 22 heavy (non-hydrogen) atoms. The van der Waals surface area contributed by atoms with Gasteiger partial charge in [0.25, 0.3) is 0 Å². The average molecular weight is 353 g/mol. The van der Waals surface area contributed by atoms with Gasteiger partial charge in [-0.2, -0.15) is 5.26 Å². The average Bonchev–Trinajstić information content (AvgIpc) is 2.95. The van der Waals surface area contributed by atoms with E-state index in [0.717, 1.165) is 40.1 Å². The number of H-pyrrole nitrogens is 1. The lowest BCUT2D eigenvalue weighted by Crippen LogP contribution is -1.93. The minimum absolute atomic E-state index is 0.678. The number of aromatic nitrogens is 3. The van der Waals surface area contributed by atoms with Crippen LogP contribution in [0.1, 0.15) is 28.2 Å². The summed E-state index contributed by atoms with van der Waals surface area (Å²) in [6, 6.07) is 13.7. The fourth-order valence-electron chi connectivity index (χ4n) is 2.25. The van der Waals surface area contributed by atoms with Crippen molar-refractivity contribution in [1.82, 2.24) is 15.0 Å². The van der Waals surface area contributed by atoms with Crippen LogP contribution in [0.15, 0.2) is 53.4 Å². The van der Waals surface area contributed by atoms with Crippen molar-refractivity contribution in [1.29, 1.82) is 5.26 Å². The Morgan fingerprint density at radius 1 is 1.05 bits per heavy atom. The van der Waals surface area contributed by atoms with Gasteiger partial charge in [0, 0.05) is 30.9 Å². The number of rotatable bonds is 4. The number of imidazole rings is 1. The number of nitriles is 1.